The Morgan fingerprint density at radius 1 is 1.29 bits per heavy atom. The lowest BCUT2D eigenvalue weighted by atomic mass is 9.96. The molecule has 0 amide bonds. The molecule has 1 atom stereocenters. The Labute approximate surface area is 187 Å². The first-order valence-electron chi connectivity index (χ1n) is 9.75. The van der Waals surface area contributed by atoms with E-state index in [0.717, 1.165) is 16.8 Å². The van der Waals surface area contributed by atoms with E-state index in [1.807, 2.05) is 32.2 Å². The number of allylic oxidation sites excluding steroid dienone is 1. The summed E-state index contributed by atoms with van der Waals surface area (Å²) in [7, 11) is 1.85. The number of rotatable bonds is 4. The van der Waals surface area contributed by atoms with E-state index < -0.39 is 12.0 Å². The maximum atomic E-state index is 13.5. The van der Waals surface area contributed by atoms with E-state index in [0.29, 0.717) is 25.6 Å². The summed E-state index contributed by atoms with van der Waals surface area (Å²) >= 11 is 7.36. The fourth-order valence-electron chi connectivity index (χ4n) is 3.55. The van der Waals surface area contributed by atoms with E-state index in [1.54, 1.807) is 41.4 Å². The maximum absolute atomic E-state index is 13.5. The molecule has 3 aromatic rings. The van der Waals surface area contributed by atoms with Gasteiger partial charge < -0.3 is 4.74 Å². The lowest BCUT2D eigenvalue weighted by Crippen LogP contribution is -2.39. The summed E-state index contributed by atoms with van der Waals surface area (Å²) in [6.45, 7) is 5.68. The van der Waals surface area contributed by atoms with Crippen LogP contribution in [0.1, 0.15) is 36.7 Å². The second-order valence-corrected chi connectivity index (χ2v) is 8.61. The summed E-state index contributed by atoms with van der Waals surface area (Å²) in [6, 6.07) is 6.46. The van der Waals surface area contributed by atoms with Gasteiger partial charge in [0, 0.05) is 23.3 Å². The van der Waals surface area contributed by atoms with Crippen molar-refractivity contribution in [1.82, 2.24) is 14.3 Å². The molecule has 0 saturated carbocycles. The number of esters is 1. The standard InChI is InChI=1S/C22H21ClN4O3S/c1-5-30-21(29)18-12(2)25-22-27(19(18)14-6-8-16(23)9-7-14)20(28)17(31-22)10-15-11-24-26(4)13(15)3/h6-11,19H,5H2,1-4H3/b17-10+/t19-/m1/s1. The van der Waals surface area contributed by atoms with Gasteiger partial charge in [0.1, 0.15) is 0 Å². The fourth-order valence-corrected chi connectivity index (χ4v) is 4.71. The monoisotopic (exact) mass is 456 g/mol. The van der Waals surface area contributed by atoms with Crippen molar-refractivity contribution in [2.75, 3.05) is 6.61 Å². The SMILES string of the molecule is CCOC(=O)C1=C(C)N=c2s/c(=C/c3cnn(C)c3C)c(=O)n2[C@@H]1c1ccc(Cl)cc1. The topological polar surface area (TPSA) is 78.5 Å². The number of aryl methyl sites for hydroxylation is 1. The minimum Gasteiger partial charge on any atom is -0.463 e. The van der Waals surface area contributed by atoms with Crippen LogP contribution in [0, 0.1) is 6.92 Å². The van der Waals surface area contributed by atoms with Gasteiger partial charge in [-0.15, -0.1) is 0 Å². The van der Waals surface area contributed by atoms with Crippen LogP contribution in [-0.2, 0) is 16.6 Å². The Morgan fingerprint density at radius 2 is 2.00 bits per heavy atom. The van der Waals surface area contributed by atoms with Gasteiger partial charge in [-0.2, -0.15) is 5.10 Å². The Bertz CT molecular complexity index is 1380. The minimum atomic E-state index is -0.648. The van der Waals surface area contributed by atoms with Crippen molar-refractivity contribution >= 4 is 35.0 Å². The molecule has 0 fully saturated rings. The van der Waals surface area contributed by atoms with Crippen molar-refractivity contribution in [3.8, 4) is 0 Å². The van der Waals surface area contributed by atoms with E-state index in [1.165, 1.54) is 11.3 Å². The molecule has 0 saturated heterocycles. The summed E-state index contributed by atoms with van der Waals surface area (Å²) in [5.41, 5.74) is 3.22. The van der Waals surface area contributed by atoms with Crippen LogP contribution in [0.4, 0.5) is 0 Å². The number of carbonyl (C=O) groups is 1. The molecule has 0 radical (unpaired) electrons. The molecule has 160 valence electrons. The minimum absolute atomic E-state index is 0.221. The predicted molar refractivity (Wildman–Crippen MR) is 120 cm³/mol. The highest BCUT2D eigenvalue weighted by Gasteiger charge is 2.33. The molecule has 0 unspecified atom stereocenters. The number of fused-ring (bicyclic) bond motifs is 1. The average molecular weight is 457 g/mol. The molecular weight excluding hydrogens is 436 g/mol. The number of aromatic nitrogens is 3. The van der Waals surface area contributed by atoms with Crippen LogP contribution >= 0.6 is 22.9 Å². The Morgan fingerprint density at radius 3 is 2.61 bits per heavy atom. The van der Waals surface area contributed by atoms with E-state index in [-0.39, 0.29) is 12.2 Å². The summed E-state index contributed by atoms with van der Waals surface area (Å²) in [5, 5.41) is 4.81. The van der Waals surface area contributed by atoms with Crippen LogP contribution in [0.25, 0.3) is 6.08 Å². The molecule has 0 N–H and O–H groups in total. The van der Waals surface area contributed by atoms with Gasteiger partial charge in [0.05, 0.1) is 34.6 Å². The third kappa shape index (κ3) is 3.77. The number of ether oxygens (including phenoxy) is 1. The zero-order valence-corrected chi connectivity index (χ0v) is 19.1. The van der Waals surface area contributed by atoms with Gasteiger partial charge in [0.25, 0.3) is 5.56 Å². The van der Waals surface area contributed by atoms with Gasteiger partial charge in [0.2, 0.25) is 0 Å². The maximum Gasteiger partial charge on any atom is 0.338 e. The quantitative estimate of drug-likeness (QED) is 0.565. The molecular formula is C22H21ClN4O3S. The summed E-state index contributed by atoms with van der Waals surface area (Å²) in [4.78, 5) is 31.4. The molecule has 0 aliphatic carbocycles. The molecule has 2 aromatic heterocycles. The van der Waals surface area contributed by atoms with Crippen LogP contribution in [0.3, 0.4) is 0 Å². The summed E-state index contributed by atoms with van der Waals surface area (Å²) < 4.78 is 9.12. The van der Waals surface area contributed by atoms with Crippen molar-refractivity contribution in [3.63, 3.8) is 0 Å². The molecule has 3 heterocycles. The second-order valence-electron chi connectivity index (χ2n) is 7.16. The number of carbonyl (C=O) groups excluding carboxylic acids is 1. The fraction of sp³-hybridized carbons (Fsp3) is 0.273. The predicted octanol–water partition coefficient (Wildman–Crippen LogP) is 2.49. The summed E-state index contributed by atoms with van der Waals surface area (Å²) in [5.74, 6) is -0.485. The Balaban J connectivity index is 1.97. The van der Waals surface area contributed by atoms with E-state index in [4.69, 9.17) is 16.3 Å². The van der Waals surface area contributed by atoms with Crippen LogP contribution in [0.2, 0.25) is 5.02 Å². The first-order chi connectivity index (χ1) is 14.8. The van der Waals surface area contributed by atoms with Crippen molar-refractivity contribution in [2.24, 2.45) is 12.0 Å². The molecule has 31 heavy (non-hydrogen) atoms. The zero-order chi connectivity index (χ0) is 22.3. The van der Waals surface area contributed by atoms with Gasteiger partial charge in [-0.25, -0.2) is 9.79 Å². The van der Waals surface area contributed by atoms with Crippen molar-refractivity contribution in [1.29, 1.82) is 0 Å². The lowest BCUT2D eigenvalue weighted by molar-refractivity contribution is -0.139. The second kappa shape index (κ2) is 8.28. The third-order valence-electron chi connectivity index (χ3n) is 5.26. The highest BCUT2D eigenvalue weighted by atomic mass is 35.5. The molecule has 4 rings (SSSR count). The van der Waals surface area contributed by atoms with Gasteiger partial charge in [-0.3, -0.25) is 14.0 Å². The number of thiazole rings is 1. The van der Waals surface area contributed by atoms with Gasteiger partial charge in [0.15, 0.2) is 4.80 Å². The lowest BCUT2D eigenvalue weighted by Gasteiger charge is -2.24. The van der Waals surface area contributed by atoms with Crippen LogP contribution in [-0.4, -0.2) is 26.9 Å². The molecule has 1 aromatic carbocycles. The van der Waals surface area contributed by atoms with Crippen LogP contribution in [0.15, 0.2) is 51.5 Å². The van der Waals surface area contributed by atoms with E-state index in [2.05, 4.69) is 10.1 Å². The van der Waals surface area contributed by atoms with Crippen molar-refractivity contribution < 1.29 is 9.53 Å². The molecule has 1 aliphatic heterocycles. The largest absolute Gasteiger partial charge is 0.463 e. The Hall–Kier alpha value is -2.97. The van der Waals surface area contributed by atoms with Crippen LogP contribution < -0.4 is 14.9 Å². The van der Waals surface area contributed by atoms with Gasteiger partial charge in [-0.05, 0) is 44.5 Å². The Kier molecular flexibility index (Phi) is 5.68. The molecule has 1 aliphatic rings. The first-order valence-corrected chi connectivity index (χ1v) is 10.9. The highest BCUT2D eigenvalue weighted by molar-refractivity contribution is 7.07. The molecule has 9 heteroatoms. The number of hydrogen-bond donors (Lipinski definition) is 0. The number of hydrogen-bond acceptors (Lipinski definition) is 6. The summed E-state index contributed by atoms with van der Waals surface area (Å²) in [6.07, 6.45) is 3.54. The number of nitrogens with zero attached hydrogens (tertiary/aromatic N) is 4. The highest BCUT2D eigenvalue weighted by Crippen LogP contribution is 2.31. The van der Waals surface area contributed by atoms with Crippen LogP contribution in [0.5, 0.6) is 0 Å². The molecule has 0 bridgehead atoms. The molecule has 7 nitrogen and oxygen atoms in total. The number of halogens is 1. The van der Waals surface area contributed by atoms with Crippen molar-refractivity contribution in [2.45, 2.75) is 26.8 Å². The van der Waals surface area contributed by atoms with Crippen molar-refractivity contribution in [3.05, 3.63) is 83.3 Å². The average Bonchev–Trinajstić information content (AvgIpc) is 3.21. The van der Waals surface area contributed by atoms with E-state index >= 15 is 0 Å². The number of benzene rings is 1. The van der Waals surface area contributed by atoms with E-state index in [9.17, 15) is 9.59 Å². The zero-order valence-electron chi connectivity index (χ0n) is 17.5. The molecule has 0 spiro atoms. The smallest absolute Gasteiger partial charge is 0.338 e. The van der Waals surface area contributed by atoms with Gasteiger partial charge >= 0.3 is 5.97 Å². The third-order valence-corrected chi connectivity index (χ3v) is 6.50. The normalized spacial score (nSPS) is 16.3. The first kappa shape index (κ1) is 21.3. The van der Waals surface area contributed by atoms with Gasteiger partial charge in [-0.1, -0.05) is 35.1 Å².